The minimum absolute atomic E-state index is 0.566. The molecule has 27 heavy (non-hydrogen) atoms. The van der Waals surface area contributed by atoms with Crippen molar-refractivity contribution >= 4 is 17.0 Å². The van der Waals surface area contributed by atoms with Gasteiger partial charge < -0.3 is 20.4 Å². The van der Waals surface area contributed by atoms with Crippen molar-refractivity contribution in [1.29, 1.82) is 0 Å². The molecule has 0 atom stereocenters. The van der Waals surface area contributed by atoms with E-state index in [9.17, 15) is 0 Å². The lowest BCUT2D eigenvalue weighted by atomic mass is 10.2. The van der Waals surface area contributed by atoms with Crippen LogP contribution in [0.3, 0.4) is 0 Å². The number of imidazole rings is 1. The maximum absolute atomic E-state index is 5.67. The van der Waals surface area contributed by atoms with Gasteiger partial charge >= 0.3 is 0 Å². The van der Waals surface area contributed by atoms with Crippen molar-refractivity contribution in [2.24, 2.45) is 4.99 Å². The van der Waals surface area contributed by atoms with E-state index in [1.54, 1.807) is 0 Å². The Kier molecular flexibility index (Phi) is 6.68. The van der Waals surface area contributed by atoms with Crippen molar-refractivity contribution in [2.45, 2.75) is 26.8 Å². The number of aromatic nitrogens is 2. The number of nitrogens with one attached hydrogen (secondary N) is 3. The average Bonchev–Trinajstić information content (AvgIpc) is 3.10. The molecule has 0 saturated heterocycles. The van der Waals surface area contributed by atoms with E-state index in [0.717, 1.165) is 53.6 Å². The average molecular weight is 365 g/mol. The van der Waals surface area contributed by atoms with Gasteiger partial charge in [-0.25, -0.2) is 9.98 Å². The van der Waals surface area contributed by atoms with Gasteiger partial charge in [0.1, 0.15) is 11.6 Å². The van der Waals surface area contributed by atoms with Gasteiger partial charge in [0, 0.05) is 25.1 Å². The number of aromatic amines is 1. The number of benzene rings is 2. The summed E-state index contributed by atoms with van der Waals surface area (Å²) in [6.07, 6.45) is 0.800. The van der Waals surface area contributed by atoms with Crippen LogP contribution in [0.15, 0.2) is 53.5 Å². The second-order valence-electron chi connectivity index (χ2n) is 6.11. The van der Waals surface area contributed by atoms with Gasteiger partial charge in [0.2, 0.25) is 0 Å². The Balaban J connectivity index is 1.59. The molecule has 0 bridgehead atoms. The first kappa shape index (κ1) is 18.8. The van der Waals surface area contributed by atoms with Crippen molar-refractivity contribution in [3.8, 4) is 5.75 Å². The quantitative estimate of drug-likeness (QED) is 0.423. The summed E-state index contributed by atoms with van der Waals surface area (Å²) >= 11 is 0. The number of rotatable bonds is 8. The zero-order valence-electron chi connectivity index (χ0n) is 16.0. The SMILES string of the molecule is CCNC(=NCc1ccccc1OCC)NCCc1nc2ccccc2[nH]1. The molecule has 0 radical (unpaired) electrons. The van der Waals surface area contributed by atoms with Gasteiger partial charge in [0.15, 0.2) is 5.96 Å². The van der Waals surface area contributed by atoms with Crippen molar-refractivity contribution in [3.63, 3.8) is 0 Å². The highest BCUT2D eigenvalue weighted by Crippen LogP contribution is 2.18. The molecule has 0 aliphatic heterocycles. The number of aliphatic imine (C=N–C) groups is 1. The molecule has 6 nitrogen and oxygen atoms in total. The lowest BCUT2D eigenvalue weighted by Crippen LogP contribution is -2.38. The van der Waals surface area contributed by atoms with Crippen LogP contribution < -0.4 is 15.4 Å². The van der Waals surface area contributed by atoms with Crippen molar-refractivity contribution in [2.75, 3.05) is 19.7 Å². The molecule has 1 heterocycles. The van der Waals surface area contributed by atoms with Crippen LogP contribution in [0.25, 0.3) is 11.0 Å². The number of ether oxygens (including phenoxy) is 1. The predicted molar refractivity (Wildman–Crippen MR) is 110 cm³/mol. The fourth-order valence-corrected chi connectivity index (χ4v) is 2.86. The van der Waals surface area contributed by atoms with Crippen LogP contribution >= 0.6 is 0 Å². The first-order valence-electron chi connectivity index (χ1n) is 9.46. The molecule has 0 aliphatic carbocycles. The van der Waals surface area contributed by atoms with Gasteiger partial charge in [-0.3, -0.25) is 0 Å². The number of hydrogen-bond acceptors (Lipinski definition) is 3. The van der Waals surface area contributed by atoms with Gasteiger partial charge in [-0.1, -0.05) is 30.3 Å². The van der Waals surface area contributed by atoms with Gasteiger partial charge in [-0.15, -0.1) is 0 Å². The zero-order valence-corrected chi connectivity index (χ0v) is 16.0. The normalized spacial score (nSPS) is 11.6. The van der Waals surface area contributed by atoms with E-state index in [2.05, 4.69) is 32.5 Å². The molecule has 0 aliphatic rings. The summed E-state index contributed by atoms with van der Waals surface area (Å²) in [7, 11) is 0. The number of fused-ring (bicyclic) bond motifs is 1. The monoisotopic (exact) mass is 365 g/mol. The molecule has 0 unspecified atom stereocenters. The summed E-state index contributed by atoms with van der Waals surface area (Å²) in [5.41, 5.74) is 3.15. The van der Waals surface area contributed by atoms with Crippen LogP contribution in [0.4, 0.5) is 0 Å². The third kappa shape index (κ3) is 5.23. The Morgan fingerprint density at radius 3 is 2.70 bits per heavy atom. The standard InChI is InChI=1S/C21H27N5O/c1-3-22-21(24-15-16-9-5-8-12-19(16)27-4-2)23-14-13-20-25-17-10-6-7-11-18(17)26-20/h5-12H,3-4,13-15H2,1-2H3,(H,25,26)(H2,22,23,24). The van der Waals surface area contributed by atoms with Crippen LogP contribution in [0.2, 0.25) is 0 Å². The van der Waals surface area contributed by atoms with Crippen LogP contribution in [0.5, 0.6) is 5.75 Å². The molecule has 3 aromatic rings. The molecule has 6 heteroatoms. The highest BCUT2D eigenvalue weighted by Gasteiger charge is 2.05. The first-order chi connectivity index (χ1) is 13.3. The molecule has 0 amide bonds. The van der Waals surface area contributed by atoms with Crippen LogP contribution in [-0.4, -0.2) is 35.6 Å². The summed E-state index contributed by atoms with van der Waals surface area (Å²) in [6, 6.07) is 16.1. The fraction of sp³-hybridized carbons (Fsp3) is 0.333. The first-order valence-corrected chi connectivity index (χ1v) is 9.46. The van der Waals surface area contributed by atoms with Crippen molar-refractivity contribution < 1.29 is 4.74 Å². The number of H-pyrrole nitrogens is 1. The number of para-hydroxylation sites is 3. The molecule has 1 aromatic heterocycles. The Bertz CT molecular complexity index is 854. The minimum Gasteiger partial charge on any atom is -0.494 e. The van der Waals surface area contributed by atoms with E-state index in [4.69, 9.17) is 4.74 Å². The number of guanidine groups is 1. The van der Waals surface area contributed by atoms with E-state index < -0.39 is 0 Å². The summed E-state index contributed by atoms with van der Waals surface area (Å²) in [5.74, 6) is 2.66. The molecule has 0 fully saturated rings. The van der Waals surface area contributed by atoms with E-state index in [1.165, 1.54) is 0 Å². The van der Waals surface area contributed by atoms with Gasteiger partial charge in [-0.2, -0.15) is 0 Å². The third-order valence-corrected chi connectivity index (χ3v) is 4.12. The second kappa shape index (κ2) is 9.62. The highest BCUT2D eigenvalue weighted by atomic mass is 16.5. The molecule has 3 rings (SSSR count). The Morgan fingerprint density at radius 2 is 1.89 bits per heavy atom. The van der Waals surface area contributed by atoms with Gasteiger partial charge in [0.05, 0.1) is 24.2 Å². The topological polar surface area (TPSA) is 74.3 Å². The summed E-state index contributed by atoms with van der Waals surface area (Å²) in [5, 5.41) is 6.66. The van der Waals surface area contributed by atoms with Crippen LogP contribution in [0.1, 0.15) is 25.2 Å². The summed E-state index contributed by atoms with van der Waals surface area (Å²) in [4.78, 5) is 12.6. The number of hydrogen-bond donors (Lipinski definition) is 3. The van der Waals surface area contributed by atoms with E-state index >= 15 is 0 Å². The van der Waals surface area contributed by atoms with Gasteiger partial charge in [-0.05, 0) is 32.0 Å². The molecule has 2 aromatic carbocycles. The van der Waals surface area contributed by atoms with E-state index in [1.807, 2.05) is 55.5 Å². The van der Waals surface area contributed by atoms with Crippen LogP contribution in [0, 0.1) is 0 Å². The molecular formula is C21H27N5O. The maximum Gasteiger partial charge on any atom is 0.191 e. The molecule has 0 saturated carbocycles. The smallest absolute Gasteiger partial charge is 0.191 e. The zero-order chi connectivity index (χ0) is 18.9. The second-order valence-corrected chi connectivity index (χ2v) is 6.11. The number of nitrogens with zero attached hydrogens (tertiary/aromatic N) is 2. The third-order valence-electron chi connectivity index (χ3n) is 4.12. The Labute approximate surface area is 160 Å². The molecule has 142 valence electrons. The lowest BCUT2D eigenvalue weighted by molar-refractivity contribution is 0.336. The Hall–Kier alpha value is -3.02. The predicted octanol–water partition coefficient (Wildman–Crippen LogP) is 3.26. The van der Waals surface area contributed by atoms with Crippen molar-refractivity contribution in [3.05, 3.63) is 59.9 Å². The van der Waals surface area contributed by atoms with Crippen LogP contribution in [-0.2, 0) is 13.0 Å². The summed E-state index contributed by atoms with van der Waals surface area (Å²) < 4.78 is 5.67. The van der Waals surface area contributed by atoms with E-state index in [-0.39, 0.29) is 0 Å². The fourth-order valence-electron chi connectivity index (χ4n) is 2.86. The summed E-state index contributed by atoms with van der Waals surface area (Å²) in [6.45, 7) is 6.82. The Morgan fingerprint density at radius 1 is 1.07 bits per heavy atom. The van der Waals surface area contributed by atoms with Gasteiger partial charge in [0.25, 0.3) is 0 Å². The lowest BCUT2D eigenvalue weighted by Gasteiger charge is -2.12. The van der Waals surface area contributed by atoms with Crippen molar-refractivity contribution in [1.82, 2.24) is 20.6 Å². The molecule has 3 N–H and O–H groups in total. The maximum atomic E-state index is 5.67. The molecular weight excluding hydrogens is 338 g/mol. The minimum atomic E-state index is 0.566. The largest absolute Gasteiger partial charge is 0.494 e. The molecule has 0 spiro atoms. The van der Waals surface area contributed by atoms with E-state index in [0.29, 0.717) is 13.2 Å². The highest BCUT2D eigenvalue weighted by molar-refractivity contribution is 5.79.